The van der Waals surface area contributed by atoms with E-state index >= 15 is 0 Å². The summed E-state index contributed by atoms with van der Waals surface area (Å²) in [5, 5.41) is 5.67. The lowest BCUT2D eigenvalue weighted by Crippen LogP contribution is -2.35. The van der Waals surface area contributed by atoms with Gasteiger partial charge in [0.25, 0.3) is 0 Å². The van der Waals surface area contributed by atoms with Gasteiger partial charge in [0, 0.05) is 5.69 Å². The highest BCUT2D eigenvalue weighted by molar-refractivity contribution is 6.03. The zero-order chi connectivity index (χ0) is 16.7. The number of nitrogens with one attached hydrogen (secondary N) is 2. The van der Waals surface area contributed by atoms with E-state index in [4.69, 9.17) is 0 Å². The number of aryl methyl sites for hydroxylation is 1. The van der Waals surface area contributed by atoms with Crippen LogP contribution in [0.2, 0.25) is 0 Å². The number of para-hydroxylation sites is 3. The first kappa shape index (κ1) is 14.4. The summed E-state index contributed by atoms with van der Waals surface area (Å²) in [6.45, 7) is 1.93. The second-order valence-corrected chi connectivity index (χ2v) is 5.87. The fourth-order valence-corrected chi connectivity index (χ4v) is 3.03. The normalized spacial score (nSPS) is 16.5. The number of amides is 2. The Bertz CT molecular complexity index is 961. The average molecular weight is 320 g/mol. The molecule has 0 radical (unpaired) electrons. The van der Waals surface area contributed by atoms with E-state index < -0.39 is 6.04 Å². The van der Waals surface area contributed by atoms with Gasteiger partial charge in [-0.15, -0.1) is 0 Å². The highest BCUT2D eigenvalue weighted by Gasteiger charge is 2.32. The highest BCUT2D eigenvalue weighted by Crippen LogP contribution is 2.31. The largest absolute Gasteiger partial charge is 0.324 e. The third kappa shape index (κ3) is 2.32. The van der Waals surface area contributed by atoms with Gasteiger partial charge in [0.1, 0.15) is 6.04 Å². The molecule has 3 aromatic rings. The fourth-order valence-electron chi connectivity index (χ4n) is 3.03. The van der Waals surface area contributed by atoms with E-state index in [-0.39, 0.29) is 18.2 Å². The molecule has 6 heteroatoms. The van der Waals surface area contributed by atoms with Gasteiger partial charge in [-0.05, 0) is 30.7 Å². The van der Waals surface area contributed by atoms with Crippen LogP contribution in [0.25, 0.3) is 11.0 Å². The average Bonchev–Trinajstić information content (AvgIpc) is 2.94. The third-order valence-corrected chi connectivity index (χ3v) is 4.24. The maximum absolute atomic E-state index is 12.8. The zero-order valence-electron chi connectivity index (χ0n) is 13.1. The Morgan fingerprint density at radius 3 is 2.79 bits per heavy atom. The molecule has 0 fully saturated rings. The summed E-state index contributed by atoms with van der Waals surface area (Å²) in [6.07, 6.45) is 0.0884. The number of rotatable bonds is 2. The van der Waals surface area contributed by atoms with E-state index in [1.54, 1.807) is 4.57 Å². The molecule has 2 heterocycles. The van der Waals surface area contributed by atoms with Crippen LogP contribution < -0.4 is 10.6 Å². The van der Waals surface area contributed by atoms with Crippen LogP contribution in [0.1, 0.15) is 18.0 Å². The van der Waals surface area contributed by atoms with Gasteiger partial charge in [-0.2, -0.15) is 0 Å². The van der Waals surface area contributed by atoms with Crippen molar-refractivity contribution in [1.82, 2.24) is 9.55 Å². The van der Waals surface area contributed by atoms with E-state index in [2.05, 4.69) is 15.6 Å². The standard InChI is InChI=1S/C18H16N4O2/c1-11-6-2-3-7-12(11)19-17(24)15-10-16(23)21-18-20-13-8-4-5-9-14(13)22(15)18/h2-9,15H,10H2,1H3,(H,19,24)(H,20,21,23). The molecule has 120 valence electrons. The van der Waals surface area contributed by atoms with Crippen LogP contribution in [0.15, 0.2) is 48.5 Å². The van der Waals surface area contributed by atoms with Gasteiger partial charge < -0.3 is 5.32 Å². The van der Waals surface area contributed by atoms with E-state index in [1.807, 2.05) is 55.5 Å². The van der Waals surface area contributed by atoms with Crippen LogP contribution >= 0.6 is 0 Å². The van der Waals surface area contributed by atoms with Gasteiger partial charge in [0.2, 0.25) is 17.8 Å². The molecular formula is C18H16N4O2. The van der Waals surface area contributed by atoms with Crippen molar-refractivity contribution in [3.05, 3.63) is 54.1 Å². The van der Waals surface area contributed by atoms with Gasteiger partial charge in [-0.3, -0.25) is 19.5 Å². The summed E-state index contributed by atoms with van der Waals surface area (Å²) in [5.41, 5.74) is 3.31. The molecule has 24 heavy (non-hydrogen) atoms. The molecule has 4 rings (SSSR count). The Morgan fingerprint density at radius 2 is 1.96 bits per heavy atom. The Kier molecular flexibility index (Phi) is 3.30. The topological polar surface area (TPSA) is 76.0 Å². The first-order chi connectivity index (χ1) is 11.6. The maximum atomic E-state index is 12.8. The number of imidazole rings is 1. The Hall–Kier alpha value is -3.15. The predicted octanol–water partition coefficient (Wildman–Crippen LogP) is 2.87. The summed E-state index contributed by atoms with van der Waals surface area (Å²) in [7, 11) is 0. The number of carbonyl (C=O) groups is 2. The first-order valence-electron chi connectivity index (χ1n) is 7.77. The Labute approximate surface area is 138 Å². The van der Waals surface area contributed by atoms with Crippen LogP contribution in [-0.2, 0) is 9.59 Å². The van der Waals surface area contributed by atoms with Crippen LogP contribution in [-0.4, -0.2) is 21.4 Å². The Balaban J connectivity index is 1.75. The number of hydrogen-bond acceptors (Lipinski definition) is 3. The number of nitrogens with zero attached hydrogens (tertiary/aromatic N) is 2. The van der Waals surface area contributed by atoms with Crippen molar-refractivity contribution >= 4 is 34.5 Å². The fraction of sp³-hybridized carbons (Fsp3) is 0.167. The quantitative estimate of drug-likeness (QED) is 0.762. The van der Waals surface area contributed by atoms with Gasteiger partial charge in [0.05, 0.1) is 17.5 Å². The molecule has 1 aromatic heterocycles. The monoisotopic (exact) mass is 320 g/mol. The molecule has 2 N–H and O–H groups in total. The number of anilines is 2. The first-order valence-corrected chi connectivity index (χ1v) is 7.77. The molecule has 2 amide bonds. The van der Waals surface area contributed by atoms with Gasteiger partial charge in [-0.25, -0.2) is 4.98 Å². The van der Waals surface area contributed by atoms with E-state index in [1.165, 1.54) is 0 Å². The van der Waals surface area contributed by atoms with E-state index in [0.29, 0.717) is 5.95 Å². The van der Waals surface area contributed by atoms with Gasteiger partial charge >= 0.3 is 0 Å². The predicted molar refractivity (Wildman–Crippen MR) is 91.8 cm³/mol. The van der Waals surface area contributed by atoms with E-state index in [9.17, 15) is 9.59 Å². The van der Waals surface area contributed by atoms with Crippen molar-refractivity contribution in [3.63, 3.8) is 0 Å². The lowest BCUT2D eigenvalue weighted by atomic mass is 10.1. The molecule has 1 aliphatic rings. The summed E-state index contributed by atoms with van der Waals surface area (Å²) in [4.78, 5) is 29.2. The third-order valence-electron chi connectivity index (χ3n) is 4.24. The summed E-state index contributed by atoms with van der Waals surface area (Å²) in [6, 6.07) is 14.5. The smallest absolute Gasteiger partial charge is 0.248 e. The molecule has 0 spiro atoms. The summed E-state index contributed by atoms with van der Waals surface area (Å²) >= 11 is 0. The second-order valence-electron chi connectivity index (χ2n) is 5.87. The minimum Gasteiger partial charge on any atom is -0.324 e. The van der Waals surface area contributed by atoms with Crippen molar-refractivity contribution in [2.45, 2.75) is 19.4 Å². The number of carbonyl (C=O) groups excluding carboxylic acids is 2. The van der Waals surface area contributed by atoms with Gasteiger partial charge in [-0.1, -0.05) is 30.3 Å². The Morgan fingerprint density at radius 1 is 1.21 bits per heavy atom. The number of benzene rings is 2. The number of fused-ring (bicyclic) bond motifs is 3. The molecule has 1 aliphatic heterocycles. The molecule has 1 atom stereocenters. The van der Waals surface area contributed by atoms with Crippen LogP contribution in [0.4, 0.5) is 11.6 Å². The lowest BCUT2D eigenvalue weighted by Gasteiger charge is -2.25. The summed E-state index contributed by atoms with van der Waals surface area (Å²) < 4.78 is 1.80. The highest BCUT2D eigenvalue weighted by atomic mass is 16.2. The minimum atomic E-state index is -0.624. The van der Waals surface area contributed by atoms with Crippen LogP contribution in [0.3, 0.4) is 0 Å². The minimum absolute atomic E-state index is 0.0884. The van der Waals surface area contributed by atoms with Crippen LogP contribution in [0.5, 0.6) is 0 Å². The van der Waals surface area contributed by atoms with Crippen LogP contribution in [0, 0.1) is 6.92 Å². The maximum Gasteiger partial charge on any atom is 0.248 e. The molecule has 2 aromatic carbocycles. The van der Waals surface area contributed by atoms with Crippen molar-refractivity contribution in [2.24, 2.45) is 0 Å². The zero-order valence-corrected chi connectivity index (χ0v) is 13.1. The molecular weight excluding hydrogens is 304 g/mol. The second kappa shape index (κ2) is 5.49. The van der Waals surface area contributed by atoms with E-state index in [0.717, 1.165) is 22.3 Å². The molecule has 0 saturated carbocycles. The van der Waals surface area contributed by atoms with Crippen molar-refractivity contribution < 1.29 is 9.59 Å². The summed E-state index contributed by atoms with van der Waals surface area (Å²) in [5.74, 6) is -0.0105. The number of hydrogen-bond donors (Lipinski definition) is 2. The molecule has 0 saturated heterocycles. The molecule has 0 aliphatic carbocycles. The molecule has 1 unspecified atom stereocenters. The molecule has 0 bridgehead atoms. The van der Waals surface area contributed by atoms with Crippen molar-refractivity contribution in [3.8, 4) is 0 Å². The lowest BCUT2D eigenvalue weighted by molar-refractivity contribution is -0.124. The molecule has 6 nitrogen and oxygen atoms in total. The van der Waals surface area contributed by atoms with Crippen molar-refractivity contribution in [1.29, 1.82) is 0 Å². The van der Waals surface area contributed by atoms with Crippen molar-refractivity contribution in [2.75, 3.05) is 10.6 Å². The van der Waals surface area contributed by atoms with Gasteiger partial charge in [0.15, 0.2) is 0 Å². The SMILES string of the molecule is Cc1ccccc1NC(=O)C1CC(=O)Nc2nc3ccccc3n21. The number of aromatic nitrogens is 2.